The average molecular weight is 481 g/mol. The first kappa shape index (κ1) is 21.3. The van der Waals surface area contributed by atoms with E-state index in [1.54, 1.807) is 17.2 Å². The Morgan fingerprint density at radius 1 is 1.14 bits per heavy atom. The molecule has 2 saturated carbocycles. The van der Waals surface area contributed by atoms with Gasteiger partial charge in [0.15, 0.2) is 0 Å². The second-order valence-corrected chi connectivity index (χ2v) is 10.6. The minimum Gasteiger partial charge on any atom is -0.356 e. The van der Waals surface area contributed by atoms with Crippen molar-refractivity contribution in [2.45, 2.75) is 43.9 Å². The molecule has 4 heterocycles. The third kappa shape index (κ3) is 2.98. The minimum atomic E-state index is -0.181. The SMILES string of the molecule is CC1CC(c2cccc(-n3cc(C4CC4)c4c(-c5cnnn5C)c[nH]c4c3=O)c2)(c2nncn2C)C1. The largest absolute Gasteiger partial charge is 0.356 e. The number of benzene rings is 1. The summed E-state index contributed by atoms with van der Waals surface area (Å²) in [6, 6.07) is 8.41. The summed E-state index contributed by atoms with van der Waals surface area (Å²) in [5, 5.41) is 17.8. The number of hydrogen-bond donors (Lipinski definition) is 1. The standard InChI is InChI=1S/C27H28N8O/c1-16-10-27(11-16,26-31-30-15-33(26)2)18-5-4-6-19(9-18)35-14-21(17-7-8-17)23-20(12-28-24(23)25(35)36)22-13-29-32-34(22)3/h4-6,9,12-17,28H,7-8,10-11H2,1-3H3. The first-order valence-electron chi connectivity index (χ1n) is 12.5. The highest BCUT2D eigenvalue weighted by Gasteiger charge is 2.48. The highest BCUT2D eigenvalue weighted by atomic mass is 16.1. The van der Waals surface area contributed by atoms with Gasteiger partial charge in [-0.05, 0) is 60.8 Å². The molecule has 0 atom stereocenters. The maximum Gasteiger partial charge on any atom is 0.279 e. The number of nitrogens with zero attached hydrogens (tertiary/aromatic N) is 7. The van der Waals surface area contributed by atoms with E-state index in [4.69, 9.17) is 0 Å². The van der Waals surface area contributed by atoms with E-state index >= 15 is 0 Å². The number of aromatic amines is 1. The Kier molecular flexibility index (Phi) is 4.43. The van der Waals surface area contributed by atoms with Crippen molar-refractivity contribution in [3.05, 3.63) is 76.5 Å². The van der Waals surface area contributed by atoms with Crippen LogP contribution < -0.4 is 5.56 Å². The van der Waals surface area contributed by atoms with Crippen LogP contribution in [0.4, 0.5) is 0 Å². The van der Waals surface area contributed by atoms with Crippen LogP contribution in [0, 0.1) is 5.92 Å². The highest BCUT2D eigenvalue weighted by Crippen LogP contribution is 2.51. The van der Waals surface area contributed by atoms with E-state index in [9.17, 15) is 4.79 Å². The van der Waals surface area contributed by atoms with Crippen LogP contribution in [0.3, 0.4) is 0 Å². The summed E-state index contributed by atoms with van der Waals surface area (Å²) in [5.41, 5.74) is 5.52. The summed E-state index contributed by atoms with van der Waals surface area (Å²) < 4.78 is 5.59. The molecule has 0 radical (unpaired) electrons. The van der Waals surface area contributed by atoms with Crippen LogP contribution in [0.5, 0.6) is 0 Å². The number of aryl methyl sites for hydroxylation is 2. The Hall–Kier alpha value is -4.01. The van der Waals surface area contributed by atoms with Gasteiger partial charge in [-0.1, -0.05) is 24.3 Å². The first-order chi connectivity index (χ1) is 17.5. The number of nitrogens with one attached hydrogen (secondary N) is 1. The Balaban J connectivity index is 1.41. The van der Waals surface area contributed by atoms with Gasteiger partial charge in [0.25, 0.3) is 5.56 Å². The second-order valence-electron chi connectivity index (χ2n) is 10.6. The number of fused-ring (bicyclic) bond motifs is 1. The lowest BCUT2D eigenvalue weighted by atomic mass is 9.58. The lowest BCUT2D eigenvalue weighted by Gasteiger charge is -2.46. The van der Waals surface area contributed by atoms with Crippen LogP contribution in [-0.4, -0.2) is 39.3 Å². The molecular weight excluding hydrogens is 452 g/mol. The lowest BCUT2D eigenvalue weighted by Crippen LogP contribution is -2.43. The topological polar surface area (TPSA) is 99.2 Å². The predicted molar refractivity (Wildman–Crippen MR) is 136 cm³/mol. The molecule has 0 saturated heterocycles. The van der Waals surface area contributed by atoms with Crippen molar-refractivity contribution in [2.24, 2.45) is 20.0 Å². The summed E-state index contributed by atoms with van der Waals surface area (Å²) in [7, 11) is 3.88. The molecule has 1 N–H and O–H groups in total. The van der Waals surface area contributed by atoms with Crippen LogP contribution in [0.15, 0.2) is 54.0 Å². The smallest absolute Gasteiger partial charge is 0.279 e. The maximum absolute atomic E-state index is 13.8. The Labute approximate surface area is 207 Å². The van der Waals surface area contributed by atoms with Gasteiger partial charge in [-0.25, -0.2) is 4.68 Å². The molecular formula is C27H28N8O. The number of aromatic nitrogens is 8. The summed E-state index contributed by atoms with van der Waals surface area (Å²) >= 11 is 0. The lowest BCUT2D eigenvalue weighted by molar-refractivity contribution is 0.185. The fraction of sp³-hybridized carbons (Fsp3) is 0.370. The van der Waals surface area contributed by atoms with Gasteiger partial charge in [0.2, 0.25) is 0 Å². The average Bonchev–Trinajstić information content (AvgIpc) is 3.22. The molecule has 2 aliphatic carbocycles. The van der Waals surface area contributed by atoms with Crippen molar-refractivity contribution >= 4 is 10.9 Å². The molecule has 2 fully saturated rings. The number of hydrogen-bond acceptors (Lipinski definition) is 5. The van der Waals surface area contributed by atoms with Crippen LogP contribution in [0.25, 0.3) is 27.8 Å². The maximum atomic E-state index is 13.8. The predicted octanol–water partition coefficient (Wildman–Crippen LogP) is 3.84. The molecule has 0 bridgehead atoms. The molecule has 9 heteroatoms. The molecule has 36 heavy (non-hydrogen) atoms. The zero-order valence-electron chi connectivity index (χ0n) is 20.6. The second kappa shape index (κ2) is 7.49. The molecule has 0 aliphatic heterocycles. The molecule has 2 aliphatic rings. The van der Waals surface area contributed by atoms with Crippen molar-refractivity contribution in [1.82, 2.24) is 39.3 Å². The zero-order chi connectivity index (χ0) is 24.6. The van der Waals surface area contributed by atoms with Crippen LogP contribution in [0.1, 0.15) is 55.5 Å². The van der Waals surface area contributed by atoms with Gasteiger partial charge in [-0.2, -0.15) is 0 Å². The summed E-state index contributed by atoms with van der Waals surface area (Å²) in [4.78, 5) is 17.1. The molecule has 4 aromatic heterocycles. The van der Waals surface area contributed by atoms with E-state index in [2.05, 4.69) is 56.8 Å². The van der Waals surface area contributed by atoms with E-state index in [0.29, 0.717) is 17.4 Å². The van der Waals surface area contributed by atoms with E-state index in [1.165, 1.54) is 11.1 Å². The molecule has 9 nitrogen and oxygen atoms in total. The number of H-pyrrole nitrogens is 1. The van der Waals surface area contributed by atoms with Crippen LogP contribution >= 0.6 is 0 Å². The minimum absolute atomic E-state index is 0.0531. The normalized spacial score (nSPS) is 21.7. The van der Waals surface area contributed by atoms with Gasteiger partial charge in [0.1, 0.15) is 17.7 Å². The van der Waals surface area contributed by atoms with Crippen molar-refractivity contribution in [3.63, 3.8) is 0 Å². The van der Waals surface area contributed by atoms with Gasteiger partial charge >= 0.3 is 0 Å². The molecule has 0 spiro atoms. The van der Waals surface area contributed by atoms with Crippen molar-refractivity contribution < 1.29 is 0 Å². The van der Waals surface area contributed by atoms with Gasteiger partial charge in [0, 0.05) is 43.1 Å². The van der Waals surface area contributed by atoms with E-state index < -0.39 is 0 Å². The molecule has 0 amide bonds. The number of rotatable bonds is 5. The van der Waals surface area contributed by atoms with Gasteiger partial charge < -0.3 is 9.55 Å². The Morgan fingerprint density at radius 3 is 2.64 bits per heavy atom. The fourth-order valence-electron chi connectivity index (χ4n) is 6.25. The number of pyridine rings is 1. The molecule has 7 rings (SSSR count). The van der Waals surface area contributed by atoms with Gasteiger partial charge in [0.05, 0.1) is 17.3 Å². The Bertz CT molecular complexity index is 1680. The van der Waals surface area contributed by atoms with E-state index in [-0.39, 0.29) is 11.0 Å². The summed E-state index contributed by atoms with van der Waals surface area (Å²) in [6.07, 6.45) is 11.8. The third-order valence-corrected chi connectivity index (χ3v) is 8.09. The van der Waals surface area contributed by atoms with Gasteiger partial charge in [-0.3, -0.25) is 9.36 Å². The fourth-order valence-corrected chi connectivity index (χ4v) is 6.25. The molecule has 5 aromatic rings. The van der Waals surface area contributed by atoms with Gasteiger partial charge in [-0.15, -0.1) is 15.3 Å². The Morgan fingerprint density at radius 2 is 1.97 bits per heavy atom. The monoisotopic (exact) mass is 480 g/mol. The van der Waals surface area contributed by atoms with E-state index in [0.717, 1.165) is 53.8 Å². The van der Waals surface area contributed by atoms with Crippen molar-refractivity contribution in [3.8, 4) is 16.9 Å². The molecule has 1 aromatic carbocycles. The zero-order valence-corrected chi connectivity index (χ0v) is 20.6. The summed E-state index contributed by atoms with van der Waals surface area (Å²) in [5.74, 6) is 2.05. The third-order valence-electron chi connectivity index (χ3n) is 8.09. The highest BCUT2D eigenvalue weighted by molar-refractivity contribution is 5.97. The van der Waals surface area contributed by atoms with Crippen molar-refractivity contribution in [1.29, 1.82) is 0 Å². The van der Waals surface area contributed by atoms with Crippen LogP contribution in [0.2, 0.25) is 0 Å². The summed E-state index contributed by atoms with van der Waals surface area (Å²) in [6.45, 7) is 2.28. The van der Waals surface area contributed by atoms with Crippen LogP contribution in [-0.2, 0) is 19.5 Å². The van der Waals surface area contributed by atoms with E-state index in [1.807, 2.05) is 35.5 Å². The quantitative estimate of drug-likeness (QED) is 0.412. The van der Waals surface area contributed by atoms with Crippen molar-refractivity contribution in [2.75, 3.05) is 0 Å². The molecule has 182 valence electrons. The molecule has 0 unspecified atom stereocenters. The first-order valence-corrected chi connectivity index (χ1v) is 12.5.